The molecule has 0 aliphatic carbocycles. The molecule has 0 unspecified atom stereocenters. The van der Waals surface area contributed by atoms with Crippen molar-refractivity contribution < 1.29 is 55.7 Å². The van der Waals surface area contributed by atoms with Crippen LogP contribution in [0.2, 0.25) is 0 Å². The van der Waals surface area contributed by atoms with E-state index in [4.69, 9.17) is 13.0 Å². The van der Waals surface area contributed by atoms with Crippen LogP contribution >= 0.6 is 0 Å². The predicted octanol–water partition coefficient (Wildman–Crippen LogP) is -3.59. The van der Waals surface area contributed by atoms with Gasteiger partial charge in [-0.15, -0.1) is 0 Å². The van der Waals surface area contributed by atoms with Crippen LogP contribution in [0, 0.1) is 0 Å². The molecule has 0 fully saturated rings. The van der Waals surface area contributed by atoms with Crippen molar-refractivity contribution in [3.63, 3.8) is 0 Å². The number of halogens is 3. The molecule has 0 N–H and O–H groups in total. The van der Waals surface area contributed by atoms with E-state index in [-0.39, 0.29) is 48.4 Å². The molecule has 0 aromatic carbocycles. The fourth-order valence-corrected chi connectivity index (χ4v) is 0. The van der Waals surface area contributed by atoms with Gasteiger partial charge in [0.1, 0.15) is 0 Å². The molecule has 0 bridgehead atoms. The van der Waals surface area contributed by atoms with Crippen LogP contribution in [-0.2, 0) is 10.1 Å². The van der Waals surface area contributed by atoms with Crippen LogP contribution in [0.15, 0.2) is 0 Å². The van der Waals surface area contributed by atoms with Gasteiger partial charge in [0.2, 0.25) is 0 Å². The molecule has 0 heterocycles. The quantitative estimate of drug-likeness (QED) is 0.220. The van der Waals surface area contributed by atoms with Crippen LogP contribution in [0.1, 0.15) is 0 Å². The number of hydrogen-bond acceptors (Lipinski definition) is 3. The molecule has 0 spiro atoms. The molecule has 0 aromatic rings. The Hall–Kier alpha value is 1.30. The fourth-order valence-electron chi connectivity index (χ4n) is 0. The molecule has 0 aromatic heterocycles. The van der Waals surface area contributed by atoms with Crippen LogP contribution < -0.4 is 29.6 Å². The van der Waals surface area contributed by atoms with Crippen molar-refractivity contribution in [2.45, 2.75) is 5.51 Å². The fraction of sp³-hybridized carbons (Fsp3) is 1.00. The first-order valence-electron chi connectivity index (χ1n) is 1.27. The second kappa shape index (κ2) is 5.03. The summed E-state index contributed by atoms with van der Waals surface area (Å²) in [5.41, 5.74) is -5.65. The number of alkyl halides is 3. The van der Waals surface area contributed by atoms with E-state index in [0.717, 1.165) is 0 Å². The van der Waals surface area contributed by atoms with E-state index in [0.29, 0.717) is 0 Å². The average molecular weight is 180 g/mol. The minimum absolute atomic E-state index is 0. The van der Waals surface area contributed by atoms with E-state index in [1.807, 2.05) is 0 Å². The topological polar surface area (TPSA) is 57.2 Å². The Bertz CT molecular complexity index is 173. The van der Waals surface area contributed by atoms with Crippen LogP contribution in [0.25, 0.3) is 0 Å². The summed E-state index contributed by atoms with van der Waals surface area (Å²) < 4.78 is 58.9. The monoisotopic (exact) mass is 180 g/mol. The van der Waals surface area contributed by atoms with Crippen molar-refractivity contribution in [1.82, 2.24) is 0 Å². The Labute approximate surface area is 89.6 Å². The minimum Gasteiger partial charge on any atom is 1.00 e. The Balaban J connectivity index is -0.000000245. The van der Waals surface area contributed by atoms with Crippen LogP contribution in [-0.4, -0.2) is 37.3 Å². The van der Waals surface area contributed by atoms with Crippen LogP contribution in [0.4, 0.5) is 13.2 Å². The van der Waals surface area contributed by atoms with Gasteiger partial charge in [0, 0.05) is 0 Å². The summed E-state index contributed by atoms with van der Waals surface area (Å²) in [7, 11) is -6.09. The zero-order valence-electron chi connectivity index (χ0n) is 4.27. The maximum Gasteiger partial charge on any atom is 1.00 e. The standard InChI is InChI=1S/CHF3O3S.Li.Na.H/c2-1(3,4)8(5,6)7;;;/h(H,5,6,7);;;/q;;+1;/p-1. The van der Waals surface area contributed by atoms with Gasteiger partial charge >= 0.3 is 53.9 Å². The Kier molecular flexibility index (Phi) is 8.76. The SMILES string of the molecule is O=S(=O)([O-])C(F)(F)F.[LiH].[Na+]. The van der Waals surface area contributed by atoms with Gasteiger partial charge in [-0.2, -0.15) is 13.2 Å². The Morgan fingerprint density at radius 2 is 1.30 bits per heavy atom. The molecule has 9 heteroatoms. The average Bonchev–Trinajstić information content (AvgIpc) is 1.25. The van der Waals surface area contributed by atoms with E-state index < -0.39 is 15.6 Å². The first-order valence-corrected chi connectivity index (χ1v) is 2.68. The molecule has 0 saturated carbocycles. The van der Waals surface area contributed by atoms with Gasteiger partial charge in [0.15, 0.2) is 10.1 Å². The smallest absolute Gasteiger partial charge is 1.00 e. The van der Waals surface area contributed by atoms with Crippen molar-refractivity contribution in [3.05, 3.63) is 0 Å². The maximum atomic E-state index is 10.7. The Morgan fingerprint density at radius 3 is 1.30 bits per heavy atom. The molecule has 0 aliphatic heterocycles. The van der Waals surface area contributed by atoms with Crippen molar-refractivity contribution in [2.75, 3.05) is 0 Å². The third-order valence-corrected chi connectivity index (χ3v) is 0.850. The van der Waals surface area contributed by atoms with E-state index in [2.05, 4.69) is 0 Å². The molecule has 0 atom stereocenters. The second-order valence-electron chi connectivity index (χ2n) is 0.900. The first-order chi connectivity index (χ1) is 3.25. The summed E-state index contributed by atoms with van der Waals surface area (Å²) in [5, 5.41) is 0. The molecule has 0 radical (unpaired) electrons. The maximum absolute atomic E-state index is 10.7. The molecule has 0 amide bonds. The molecule has 52 valence electrons. The van der Waals surface area contributed by atoms with Gasteiger partial charge in [-0.25, -0.2) is 8.42 Å². The summed E-state index contributed by atoms with van der Waals surface area (Å²) in [6.07, 6.45) is 0. The van der Waals surface area contributed by atoms with Crippen LogP contribution in [0.5, 0.6) is 0 Å². The first kappa shape index (κ1) is 17.4. The van der Waals surface area contributed by atoms with Crippen LogP contribution in [0.3, 0.4) is 0 Å². The van der Waals surface area contributed by atoms with E-state index in [1.54, 1.807) is 0 Å². The van der Waals surface area contributed by atoms with Crippen molar-refractivity contribution in [2.24, 2.45) is 0 Å². The van der Waals surface area contributed by atoms with E-state index in [9.17, 15) is 13.2 Å². The van der Waals surface area contributed by atoms with E-state index >= 15 is 0 Å². The largest absolute Gasteiger partial charge is 1.00 e. The summed E-state index contributed by atoms with van der Waals surface area (Å²) >= 11 is 0. The molecule has 10 heavy (non-hydrogen) atoms. The summed E-state index contributed by atoms with van der Waals surface area (Å²) in [5.74, 6) is 0. The minimum atomic E-state index is -6.09. The van der Waals surface area contributed by atoms with Crippen molar-refractivity contribution >= 4 is 29.0 Å². The summed E-state index contributed by atoms with van der Waals surface area (Å²) in [4.78, 5) is 0. The van der Waals surface area contributed by atoms with Gasteiger partial charge in [0.25, 0.3) is 0 Å². The van der Waals surface area contributed by atoms with Gasteiger partial charge in [-0.3, -0.25) is 0 Å². The zero-order valence-corrected chi connectivity index (χ0v) is 7.08. The third kappa shape index (κ3) is 6.04. The number of rotatable bonds is 0. The van der Waals surface area contributed by atoms with Gasteiger partial charge < -0.3 is 4.55 Å². The van der Waals surface area contributed by atoms with Crippen molar-refractivity contribution in [3.8, 4) is 0 Å². The molecular weight excluding hydrogens is 179 g/mol. The van der Waals surface area contributed by atoms with Crippen molar-refractivity contribution in [1.29, 1.82) is 0 Å². The second-order valence-corrected chi connectivity index (χ2v) is 2.27. The summed E-state index contributed by atoms with van der Waals surface area (Å²) in [6, 6.07) is 0. The third-order valence-electron chi connectivity index (χ3n) is 0.283. The normalized spacial score (nSPS) is 11.2. The number of hydrogen-bond donors (Lipinski definition) is 0. The molecular formula is CHF3LiNaO3S. The predicted molar refractivity (Wildman–Crippen MR) is 22.9 cm³/mol. The molecule has 3 nitrogen and oxygen atoms in total. The zero-order chi connectivity index (χ0) is 7.00. The van der Waals surface area contributed by atoms with E-state index in [1.165, 1.54) is 0 Å². The molecule has 0 aliphatic rings. The van der Waals surface area contributed by atoms with Gasteiger partial charge in [-0.05, 0) is 0 Å². The van der Waals surface area contributed by atoms with Gasteiger partial charge in [-0.1, -0.05) is 0 Å². The Morgan fingerprint density at radius 1 is 1.20 bits per heavy atom. The summed E-state index contributed by atoms with van der Waals surface area (Å²) in [6.45, 7) is 0. The molecule has 0 rings (SSSR count). The van der Waals surface area contributed by atoms with Gasteiger partial charge in [0.05, 0.1) is 0 Å². The molecule has 0 saturated heterocycles.